The summed E-state index contributed by atoms with van der Waals surface area (Å²) in [4.78, 5) is 61.1. The summed E-state index contributed by atoms with van der Waals surface area (Å²) in [7, 11) is 0. The van der Waals surface area contributed by atoms with Gasteiger partial charge in [-0.25, -0.2) is 0 Å². The van der Waals surface area contributed by atoms with E-state index in [0.29, 0.717) is 31.9 Å². The number of amides is 4. The Labute approximate surface area is 367 Å². The number of hydrogen-bond acceptors (Lipinski definition) is 11. The van der Waals surface area contributed by atoms with E-state index in [-0.39, 0.29) is 51.0 Å². The molecule has 0 radical (unpaired) electrons. The van der Waals surface area contributed by atoms with Crippen LogP contribution in [-0.2, 0) is 35.2 Å². The topological polar surface area (TPSA) is 189 Å². The van der Waals surface area contributed by atoms with Crippen LogP contribution in [0.25, 0.3) is 5.00 Å². The number of β-amino-alcohol motifs (C(OH)–C–C–N with tert-alkyl or cyclic N) is 1. The van der Waals surface area contributed by atoms with Gasteiger partial charge in [0.05, 0.1) is 24.8 Å². The van der Waals surface area contributed by atoms with E-state index in [9.17, 15) is 24.3 Å². The smallest absolute Gasteiger partial charge is 0.246 e. The molecule has 15 nitrogen and oxygen atoms in total. The summed E-state index contributed by atoms with van der Waals surface area (Å²) in [6.07, 6.45) is -0.156. The third-order valence-corrected chi connectivity index (χ3v) is 12.4. The largest absolute Gasteiger partial charge is 0.391 e. The molecule has 332 valence electrons. The number of fused-ring (bicyclic) bond motifs is 3. The summed E-state index contributed by atoms with van der Waals surface area (Å²) in [5.74, 6) is -0.0888. The fourth-order valence-corrected chi connectivity index (χ4v) is 8.83. The van der Waals surface area contributed by atoms with Gasteiger partial charge in [-0.3, -0.25) is 28.7 Å². The van der Waals surface area contributed by atoms with Crippen molar-refractivity contribution in [3.8, 4) is 5.00 Å². The Balaban J connectivity index is 0.929. The number of aliphatic hydroxyl groups is 1. The van der Waals surface area contributed by atoms with Crippen molar-refractivity contribution in [3.63, 3.8) is 0 Å². The van der Waals surface area contributed by atoms with Crippen molar-refractivity contribution in [1.82, 2.24) is 35.6 Å². The predicted octanol–water partition coefficient (Wildman–Crippen LogP) is 4.50. The molecule has 6 rings (SSSR count). The van der Waals surface area contributed by atoms with E-state index in [1.807, 2.05) is 70.4 Å². The molecule has 0 spiro atoms. The van der Waals surface area contributed by atoms with Crippen LogP contribution >= 0.6 is 11.3 Å². The van der Waals surface area contributed by atoms with Gasteiger partial charge in [-0.1, -0.05) is 80.4 Å². The maximum atomic E-state index is 13.9. The molecule has 0 aliphatic carbocycles. The van der Waals surface area contributed by atoms with Crippen LogP contribution in [0, 0.1) is 40.0 Å². The number of likely N-dealkylation sites (tertiary alicyclic amines) is 1. The Bertz CT molecular complexity index is 2260. The van der Waals surface area contributed by atoms with Crippen LogP contribution in [0.15, 0.2) is 53.5 Å². The number of hydrogen-bond donors (Lipinski definition) is 4. The number of benzene rings is 2. The number of rotatable bonds is 17. The normalized spacial score (nSPS) is 17.7. The van der Waals surface area contributed by atoms with Gasteiger partial charge < -0.3 is 35.4 Å². The maximum Gasteiger partial charge on any atom is 0.246 e. The van der Waals surface area contributed by atoms with Crippen LogP contribution in [-0.4, -0.2) is 112 Å². The molecule has 4 N–H and O–H groups in total. The summed E-state index contributed by atoms with van der Waals surface area (Å²) >= 11 is 1.68. The maximum absolute atomic E-state index is 13.9. The summed E-state index contributed by atoms with van der Waals surface area (Å²) in [5, 5.41) is 29.0. The first kappa shape index (κ1) is 46.2. The number of aliphatic imine (C=N–C) groups is 1. The molecule has 4 aromatic rings. The number of nitrogens with one attached hydrogen (secondary N) is 3. The SMILES string of the molecule is Cc1ccc(CNC(=O)[C@@H]2CC(O)CN2C(=O)[C@@H](NC(=O)COCCCOCCNC(=O)CC2N=C(c3ccc(C)cc3)c3c(sc(C)c3C)-n3c(C)nnc32)C(C)(C)C)cc1. The molecule has 62 heavy (non-hydrogen) atoms. The first-order valence-corrected chi connectivity index (χ1v) is 22.0. The minimum Gasteiger partial charge on any atom is -0.391 e. The zero-order valence-electron chi connectivity index (χ0n) is 37.0. The average molecular weight is 869 g/mol. The molecule has 1 fully saturated rings. The second-order valence-corrected chi connectivity index (χ2v) is 18.5. The Morgan fingerprint density at radius 1 is 0.887 bits per heavy atom. The Morgan fingerprint density at radius 3 is 2.26 bits per heavy atom. The molecule has 2 aliphatic heterocycles. The van der Waals surface area contributed by atoms with Crippen molar-refractivity contribution in [2.75, 3.05) is 39.5 Å². The summed E-state index contributed by atoms with van der Waals surface area (Å²) in [5.41, 5.74) is 6.49. The molecule has 1 saturated heterocycles. The second kappa shape index (κ2) is 20.3. The van der Waals surface area contributed by atoms with Gasteiger partial charge in [0.25, 0.3) is 0 Å². The van der Waals surface area contributed by atoms with E-state index in [0.717, 1.165) is 49.9 Å². The van der Waals surface area contributed by atoms with Crippen molar-refractivity contribution >= 4 is 40.7 Å². The lowest BCUT2D eigenvalue weighted by atomic mass is 9.85. The highest BCUT2D eigenvalue weighted by atomic mass is 32.1. The molecule has 2 unspecified atom stereocenters. The lowest BCUT2D eigenvalue weighted by Crippen LogP contribution is -2.58. The molecule has 4 heterocycles. The second-order valence-electron chi connectivity index (χ2n) is 17.3. The molecular weight excluding hydrogens is 809 g/mol. The van der Waals surface area contributed by atoms with Gasteiger partial charge in [0.2, 0.25) is 23.6 Å². The lowest BCUT2D eigenvalue weighted by molar-refractivity contribution is -0.144. The molecule has 2 aliphatic rings. The zero-order valence-corrected chi connectivity index (χ0v) is 37.9. The third kappa shape index (κ3) is 11.2. The van der Waals surface area contributed by atoms with Crippen molar-refractivity contribution in [3.05, 3.63) is 98.4 Å². The van der Waals surface area contributed by atoms with E-state index < -0.39 is 41.5 Å². The van der Waals surface area contributed by atoms with Crippen LogP contribution in [0.5, 0.6) is 0 Å². The van der Waals surface area contributed by atoms with Crippen molar-refractivity contribution in [1.29, 1.82) is 0 Å². The lowest BCUT2D eigenvalue weighted by Gasteiger charge is -2.35. The van der Waals surface area contributed by atoms with E-state index in [4.69, 9.17) is 14.5 Å². The monoisotopic (exact) mass is 868 g/mol. The average Bonchev–Trinajstić information content (AvgIpc) is 3.87. The van der Waals surface area contributed by atoms with Crippen LogP contribution in [0.2, 0.25) is 0 Å². The summed E-state index contributed by atoms with van der Waals surface area (Å²) < 4.78 is 13.4. The first-order valence-electron chi connectivity index (χ1n) is 21.2. The molecule has 0 saturated carbocycles. The number of ether oxygens (including phenoxy) is 2. The number of carbonyl (C=O) groups excluding carboxylic acids is 4. The van der Waals surface area contributed by atoms with Gasteiger partial charge in [0.1, 0.15) is 35.6 Å². The minimum atomic E-state index is -0.955. The summed E-state index contributed by atoms with van der Waals surface area (Å²) in [6.45, 7) is 16.8. The van der Waals surface area contributed by atoms with Gasteiger partial charge in [-0.15, -0.1) is 21.5 Å². The first-order chi connectivity index (χ1) is 29.5. The van der Waals surface area contributed by atoms with Crippen molar-refractivity contribution in [2.45, 2.75) is 105 Å². The van der Waals surface area contributed by atoms with Crippen LogP contribution in [0.1, 0.15) is 96.0 Å². The molecule has 4 atom stereocenters. The number of thiophene rings is 1. The minimum absolute atomic E-state index is 0.00573. The van der Waals surface area contributed by atoms with Gasteiger partial charge in [0.15, 0.2) is 5.82 Å². The van der Waals surface area contributed by atoms with Gasteiger partial charge in [-0.2, -0.15) is 0 Å². The van der Waals surface area contributed by atoms with E-state index in [1.54, 1.807) is 11.3 Å². The van der Waals surface area contributed by atoms with Gasteiger partial charge in [-0.05, 0) is 57.6 Å². The Hall–Kier alpha value is -5.29. The Morgan fingerprint density at radius 2 is 1.56 bits per heavy atom. The Kier molecular flexibility index (Phi) is 15.1. The fourth-order valence-electron chi connectivity index (χ4n) is 7.61. The number of nitrogens with zero attached hydrogens (tertiary/aromatic N) is 5. The fraction of sp³-hybridized carbons (Fsp3) is 0.500. The molecule has 4 amide bonds. The number of aryl methyl sites for hydroxylation is 4. The molecule has 2 aromatic heterocycles. The van der Waals surface area contributed by atoms with E-state index in [1.165, 1.54) is 9.78 Å². The molecule has 16 heteroatoms. The van der Waals surface area contributed by atoms with Gasteiger partial charge >= 0.3 is 0 Å². The molecular formula is C46H60N8O7S. The highest BCUT2D eigenvalue weighted by molar-refractivity contribution is 7.15. The van der Waals surface area contributed by atoms with Crippen LogP contribution < -0.4 is 16.0 Å². The van der Waals surface area contributed by atoms with Crippen molar-refractivity contribution < 1.29 is 33.8 Å². The highest BCUT2D eigenvalue weighted by Gasteiger charge is 2.44. The highest BCUT2D eigenvalue weighted by Crippen LogP contribution is 2.39. The number of carbonyl (C=O) groups is 4. The van der Waals surface area contributed by atoms with Crippen LogP contribution in [0.3, 0.4) is 0 Å². The van der Waals surface area contributed by atoms with Crippen LogP contribution in [0.4, 0.5) is 0 Å². The van der Waals surface area contributed by atoms with E-state index >= 15 is 0 Å². The van der Waals surface area contributed by atoms with Crippen molar-refractivity contribution in [2.24, 2.45) is 10.4 Å². The predicted molar refractivity (Wildman–Crippen MR) is 237 cm³/mol. The standard InChI is InChI=1S/C46H60N8O7S/c1-27-10-14-32(15-11-27)24-48-43(58)36-22-34(55)25-53(36)44(59)41(46(6,7)8)50-38(57)26-61-20-9-19-60-21-18-47-37(56)23-35-42-52-51-31(5)54(42)45-39(29(3)30(4)62-45)40(49-35)33-16-12-28(2)13-17-33/h10-17,34-36,41,55H,9,18-26H2,1-8H3,(H,47,56)(H,48,58)(H,50,57)/t34?,35?,36-,41+/m0/s1. The quantitative estimate of drug-likeness (QED) is 0.111. The third-order valence-electron chi connectivity index (χ3n) is 11.2. The molecule has 0 bridgehead atoms. The molecule has 2 aromatic carbocycles. The zero-order chi connectivity index (χ0) is 44.7. The number of aromatic nitrogens is 3. The summed E-state index contributed by atoms with van der Waals surface area (Å²) in [6, 6.07) is 13.7. The van der Waals surface area contributed by atoms with E-state index in [2.05, 4.69) is 64.3 Å². The van der Waals surface area contributed by atoms with Gasteiger partial charge in [0, 0.05) is 55.3 Å². The number of aliphatic hydroxyl groups excluding tert-OH is 1.